The number of carbonyl (C=O) groups is 2. The van der Waals surface area contributed by atoms with Gasteiger partial charge in [0.15, 0.2) is 0 Å². The number of aliphatic carboxylic acids is 1. The van der Waals surface area contributed by atoms with Crippen LogP contribution in [-0.2, 0) is 14.3 Å². The molecular formula is C10H15NO5. The molecule has 90 valence electrons. The second-order valence-corrected chi connectivity index (χ2v) is 3.67. The lowest BCUT2D eigenvalue weighted by Crippen LogP contribution is -2.40. The van der Waals surface area contributed by atoms with Crippen LogP contribution in [0.2, 0.25) is 0 Å². The molecule has 16 heavy (non-hydrogen) atoms. The number of carboxylic acids is 1. The van der Waals surface area contributed by atoms with Crippen LogP contribution in [-0.4, -0.2) is 47.9 Å². The van der Waals surface area contributed by atoms with E-state index in [1.54, 1.807) is 0 Å². The Morgan fingerprint density at radius 3 is 2.56 bits per heavy atom. The third-order valence-corrected chi connectivity index (χ3v) is 2.38. The summed E-state index contributed by atoms with van der Waals surface area (Å²) in [6.45, 7) is 5.17. The molecule has 1 heterocycles. The summed E-state index contributed by atoms with van der Waals surface area (Å²) in [5.74, 6) is -0.826. The molecule has 6 nitrogen and oxygen atoms in total. The number of likely N-dealkylation sites (tertiary alicyclic amines) is 1. The summed E-state index contributed by atoms with van der Waals surface area (Å²) in [5, 5.41) is 8.95. The fourth-order valence-electron chi connectivity index (χ4n) is 1.61. The molecule has 2 atom stereocenters. The lowest BCUT2D eigenvalue weighted by Gasteiger charge is -2.20. The normalized spacial score (nSPS) is 24.2. The summed E-state index contributed by atoms with van der Waals surface area (Å²) in [5.41, 5.74) is 0. The van der Waals surface area contributed by atoms with Gasteiger partial charge in [0.2, 0.25) is 0 Å². The quantitative estimate of drug-likeness (QED) is 0.725. The third kappa shape index (κ3) is 2.73. The van der Waals surface area contributed by atoms with Gasteiger partial charge in [-0.3, -0.25) is 4.90 Å². The second kappa shape index (κ2) is 4.98. The molecule has 1 fully saturated rings. The van der Waals surface area contributed by atoms with Gasteiger partial charge >= 0.3 is 12.1 Å². The van der Waals surface area contributed by atoms with E-state index in [-0.39, 0.29) is 24.8 Å². The molecule has 0 spiro atoms. The zero-order valence-electron chi connectivity index (χ0n) is 9.30. The van der Waals surface area contributed by atoms with E-state index in [2.05, 4.69) is 6.58 Å². The van der Waals surface area contributed by atoms with Crippen molar-refractivity contribution in [3.05, 3.63) is 12.3 Å². The minimum absolute atomic E-state index is 0.222. The average molecular weight is 229 g/mol. The van der Waals surface area contributed by atoms with Crippen molar-refractivity contribution in [1.29, 1.82) is 0 Å². The highest BCUT2D eigenvalue weighted by molar-refractivity contribution is 5.81. The lowest BCUT2D eigenvalue weighted by atomic mass is 10.2. The summed E-state index contributed by atoms with van der Waals surface area (Å²) in [6.07, 6.45) is -0.685. The summed E-state index contributed by atoms with van der Waals surface area (Å²) in [7, 11) is 1.48. The number of ether oxygens (including phenoxy) is 2. The van der Waals surface area contributed by atoms with Crippen LogP contribution < -0.4 is 0 Å². The number of hydrogen-bond donors (Lipinski definition) is 1. The molecule has 0 aromatic rings. The van der Waals surface area contributed by atoms with Gasteiger partial charge in [-0.1, -0.05) is 6.58 Å². The van der Waals surface area contributed by atoms with Crippen LogP contribution in [0.15, 0.2) is 12.3 Å². The van der Waals surface area contributed by atoms with Gasteiger partial charge in [0.1, 0.15) is 6.04 Å². The van der Waals surface area contributed by atoms with Gasteiger partial charge < -0.3 is 14.6 Å². The number of carboxylic acid groups (broad SMARTS) is 1. The van der Waals surface area contributed by atoms with E-state index in [1.165, 1.54) is 14.0 Å². The van der Waals surface area contributed by atoms with Crippen molar-refractivity contribution in [1.82, 2.24) is 4.90 Å². The van der Waals surface area contributed by atoms with Crippen molar-refractivity contribution in [2.24, 2.45) is 0 Å². The van der Waals surface area contributed by atoms with Crippen molar-refractivity contribution in [2.45, 2.75) is 25.5 Å². The maximum atomic E-state index is 11.6. The first kappa shape index (κ1) is 12.5. The van der Waals surface area contributed by atoms with Crippen molar-refractivity contribution in [3.8, 4) is 0 Å². The molecule has 0 aromatic heterocycles. The van der Waals surface area contributed by atoms with Gasteiger partial charge in [-0.2, -0.15) is 0 Å². The Labute approximate surface area is 93.4 Å². The Balaban J connectivity index is 2.72. The lowest BCUT2D eigenvalue weighted by molar-refractivity contribution is -0.141. The standard InChI is InChI=1S/C10H15NO5/c1-6(2)16-10(14)11-5-7(15-3)4-8(11)9(12)13/h7-8H,1,4-5H2,2-3H3,(H,12,13)/t7-,8?/m1/s1. The van der Waals surface area contributed by atoms with Gasteiger partial charge in [0.25, 0.3) is 0 Å². The Kier molecular flexibility index (Phi) is 3.89. The summed E-state index contributed by atoms with van der Waals surface area (Å²) in [6, 6.07) is -0.892. The molecule has 0 aliphatic carbocycles. The maximum absolute atomic E-state index is 11.6. The molecule has 1 aliphatic rings. The van der Waals surface area contributed by atoms with Gasteiger partial charge in [-0.15, -0.1) is 0 Å². The van der Waals surface area contributed by atoms with Crippen LogP contribution in [0, 0.1) is 0 Å². The molecule has 1 N–H and O–H groups in total. The van der Waals surface area contributed by atoms with E-state index in [4.69, 9.17) is 14.6 Å². The Bertz CT molecular complexity index is 314. The van der Waals surface area contributed by atoms with Gasteiger partial charge in [-0.25, -0.2) is 9.59 Å². The molecule has 0 bridgehead atoms. The van der Waals surface area contributed by atoms with Gasteiger partial charge in [0, 0.05) is 13.5 Å². The molecule has 1 saturated heterocycles. The van der Waals surface area contributed by atoms with Gasteiger partial charge in [0.05, 0.1) is 18.4 Å². The molecule has 0 aromatic carbocycles. The highest BCUT2D eigenvalue weighted by Gasteiger charge is 2.40. The van der Waals surface area contributed by atoms with Crippen molar-refractivity contribution in [2.75, 3.05) is 13.7 Å². The zero-order chi connectivity index (χ0) is 12.3. The largest absolute Gasteiger partial charge is 0.480 e. The van der Waals surface area contributed by atoms with Crippen LogP contribution in [0.3, 0.4) is 0 Å². The minimum atomic E-state index is -1.06. The average Bonchev–Trinajstić information content (AvgIpc) is 2.60. The number of nitrogens with zero attached hydrogens (tertiary/aromatic N) is 1. The summed E-state index contributed by atoms with van der Waals surface area (Å²) < 4.78 is 9.82. The van der Waals surface area contributed by atoms with E-state index in [0.717, 1.165) is 4.90 Å². The molecule has 0 saturated carbocycles. The molecule has 6 heteroatoms. The summed E-state index contributed by atoms with van der Waals surface area (Å²) in [4.78, 5) is 23.6. The topological polar surface area (TPSA) is 76.1 Å². The number of amides is 1. The monoisotopic (exact) mass is 229 g/mol. The molecule has 1 unspecified atom stereocenters. The fourth-order valence-corrected chi connectivity index (χ4v) is 1.61. The first-order valence-corrected chi connectivity index (χ1v) is 4.85. The van der Waals surface area contributed by atoms with Gasteiger partial charge in [-0.05, 0) is 6.92 Å². The summed E-state index contributed by atoms with van der Waals surface area (Å²) >= 11 is 0. The molecular weight excluding hydrogens is 214 g/mol. The zero-order valence-corrected chi connectivity index (χ0v) is 9.30. The predicted molar refractivity (Wildman–Crippen MR) is 54.8 cm³/mol. The van der Waals surface area contributed by atoms with E-state index < -0.39 is 18.1 Å². The Morgan fingerprint density at radius 2 is 2.12 bits per heavy atom. The first-order chi connectivity index (χ1) is 7.45. The highest BCUT2D eigenvalue weighted by atomic mass is 16.6. The maximum Gasteiger partial charge on any atom is 0.415 e. The number of rotatable bonds is 3. The number of hydrogen-bond acceptors (Lipinski definition) is 4. The first-order valence-electron chi connectivity index (χ1n) is 4.85. The van der Waals surface area contributed by atoms with Crippen LogP contribution in [0.5, 0.6) is 0 Å². The van der Waals surface area contributed by atoms with Crippen molar-refractivity contribution in [3.63, 3.8) is 0 Å². The minimum Gasteiger partial charge on any atom is -0.480 e. The molecule has 1 aliphatic heterocycles. The number of allylic oxidation sites excluding steroid dienone is 1. The van der Waals surface area contributed by atoms with Crippen LogP contribution in [0.1, 0.15) is 13.3 Å². The second-order valence-electron chi connectivity index (χ2n) is 3.67. The molecule has 1 rings (SSSR count). The Hall–Kier alpha value is -1.56. The van der Waals surface area contributed by atoms with E-state index in [0.29, 0.717) is 0 Å². The van der Waals surface area contributed by atoms with Crippen molar-refractivity contribution >= 4 is 12.1 Å². The molecule has 1 amide bonds. The SMILES string of the molecule is C=C(C)OC(=O)N1C[C@H](OC)CC1C(=O)O. The molecule has 0 radical (unpaired) electrons. The van der Waals surface area contributed by atoms with E-state index in [1.807, 2.05) is 0 Å². The third-order valence-electron chi connectivity index (χ3n) is 2.38. The van der Waals surface area contributed by atoms with Crippen LogP contribution >= 0.6 is 0 Å². The Morgan fingerprint density at radius 1 is 1.50 bits per heavy atom. The number of carbonyl (C=O) groups excluding carboxylic acids is 1. The number of methoxy groups -OCH3 is 1. The van der Waals surface area contributed by atoms with E-state index >= 15 is 0 Å². The smallest absolute Gasteiger partial charge is 0.415 e. The van der Waals surface area contributed by atoms with Crippen LogP contribution in [0.25, 0.3) is 0 Å². The highest BCUT2D eigenvalue weighted by Crippen LogP contribution is 2.21. The fraction of sp³-hybridized carbons (Fsp3) is 0.600. The van der Waals surface area contributed by atoms with Crippen LogP contribution in [0.4, 0.5) is 4.79 Å². The van der Waals surface area contributed by atoms with Crippen molar-refractivity contribution < 1.29 is 24.2 Å². The van der Waals surface area contributed by atoms with E-state index in [9.17, 15) is 9.59 Å². The predicted octanol–water partition coefficient (Wildman–Crippen LogP) is 0.830.